The Bertz CT molecular complexity index is 669. The number of primary amides is 1. The van der Waals surface area contributed by atoms with Crippen LogP contribution in [0.3, 0.4) is 0 Å². The van der Waals surface area contributed by atoms with Gasteiger partial charge in [0.2, 0.25) is 5.91 Å². The highest BCUT2D eigenvalue weighted by atomic mass is 32.2. The molecule has 0 saturated carbocycles. The van der Waals surface area contributed by atoms with E-state index in [1.54, 1.807) is 0 Å². The molecular weight excluding hydrogens is 289 g/mol. The number of sulfone groups is 1. The average Bonchev–Trinajstić information content (AvgIpc) is 2.31. The lowest BCUT2D eigenvalue weighted by Crippen LogP contribution is -2.35. The van der Waals surface area contributed by atoms with Crippen molar-refractivity contribution in [1.29, 1.82) is 0 Å². The van der Waals surface area contributed by atoms with Crippen LogP contribution in [0, 0.1) is 12.7 Å². The molecule has 8 heteroatoms. The summed E-state index contributed by atoms with van der Waals surface area (Å²) in [6, 6.07) is 1.56. The maximum atomic E-state index is 13.7. The van der Waals surface area contributed by atoms with E-state index < -0.39 is 43.2 Å². The molecule has 0 spiro atoms. The van der Waals surface area contributed by atoms with Gasteiger partial charge in [-0.1, -0.05) is 6.92 Å². The van der Waals surface area contributed by atoms with E-state index in [0.29, 0.717) is 0 Å². The van der Waals surface area contributed by atoms with Crippen LogP contribution in [0.25, 0.3) is 0 Å². The van der Waals surface area contributed by atoms with Gasteiger partial charge in [-0.3, -0.25) is 4.79 Å². The predicted molar refractivity (Wildman–Crippen MR) is 68.6 cm³/mol. The minimum atomic E-state index is -4.24. The number of carboxylic acid groups (broad SMARTS) is 1. The minimum absolute atomic E-state index is 0.0873. The maximum Gasteiger partial charge on any atom is 0.335 e. The molecule has 20 heavy (non-hydrogen) atoms. The van der Waals surface area contributed by atoms with Gasteiger partial charge in [0.15, 0.2) is 9.84 Å². The van der Waals surface area contributed by atoms with Gasteiger partial charge in [0, 0.05) is 5.56 Å². The van der Waals surface area contributed by atoms with Crippen LogP contribution in [-0.2, 0) is 14.6 Å². The van der Waals surface area contributed by atoms with Gasteiger partial charge in [0.1, 0.15) is 11.1 Å². The van der Waals surface area contributed by atoms with E-state index in [2.05, 4.69) is 0 Å². The normalized spacial score (nSPS) is 12.9. The topological polar surface area (TPSA) is 115 Å². The number of amides is 1. The Morgan fingerprint density at radius 3 is 2.35 bits per heavy atom. The molecule has 0 heterocycles. The Kier molecular flexibility index (Phi) is 4.49. The van der Waals surface area contributed by atoms with Crippen molar-refractivity contribution < 1.29 is 27.5 Å². The fraction of sp³-hybridized carbons (Fsp3) is 0.333. The van der Waals surface area contributed by atoms with Gasteiger partial charge < -0.3 is 10.8 Å². The smallest absolute Gasteiger partial charge is 0.335 e. The molecule has 1 aromatic rings. The lowest BCUT2D eigenvalue weighted by atomic mass is 10.1. The summed E-state index contributed by atoms with van der Waals surface area (Å²) in [7, 11) is -4.24. The first-order valence-corrected chi connectivity index (χ1v) is 7.24. The van der Waals surface area contributed by atoms with Crippen molar-refractivity contribution in [1.82, 2.24) is 0 Å². The van der Waals surface area contributed by atoms with Gasteiger partial charge in [-0.25, -0.2) is 17.6 Å². The van der Waals surface area contributed by atoms with Crippen molar-refractivity contribution in [2.45, 2.75) is 30.4 Å². The molecule has 1 rings (SSSR count). The number of carbonyl (C=O) groups is 2. The third-order valence-electron chi connectivity index (χ3n) is 2.91. The van der Waals surface area contributed by atoms with Crippen molar-refractivity contribution in [2.24, 2.45) is 5.73 Å². The highest BCUT2D eigenvalue weighted by Gasteiger charge is 2.33. The molecule has 110 valence electrons. The largest absolute Gasteiger partial charge is 0.478 e. The van der Waals surface area contributed by atoms with Crippen molar-refractivity contribution in [3.8, 4) is 0 Å². The van der Waals surface area contributed by atoms with Crippen LogP contribution in [0.5, 0.6) is 0 Å². The molecule has 0 aliphatic carbocycles. The Hall–Kier alpha value is -1.96. The Balaban J connectivity index is 3.60. The first-order valence-electron chi connectivity index (χ1n) is 5.69. The Labute approximate surface area is 115 Å². The summed E-state index contributed by atoms with van der Waals surface area (Å²) in [6.07, 6.45) is -0.0873. The molecule has 1 atom stereocenters. The van der Waals surface area contributed by atoms with E-state index in [-0.39, 0.29) is 12.0 Å². The average molecular weight is 303 g/mol. The second kappa shape index (κ2) is 5.58. The molecule has 0 bridgehead atoms. The summed E-state index contributed by atoms with van der Waals surface area (Å²) in [5.74, 6) is -3.50. The number of aromatic carboxylic acids is 1. The lowest BCUT2D eigenvalue weighted by Gasteiger charge is -2.15. The SMILES string of the molecule is CCC(C(N)=O)S(=O)(=O)c1cc(C(=O)O)cc(F)c1C. The Morgan fingerprint density at radius 1 is 1.40 bits per heavy atom. The molecule has 3 N–H and O–H groups in total. The molecule has 1 amide bonds. The number of nitrogens with two attached hydrogens (primary N) is 1. The standard InChI is InChI=1S/C12H14FNO5S/c1-3-9(11(14)15)20(18,19)10-5-7(12(16)17)4-8(13)6(10)2/h4-5,9H,3H2,1-2H3,(H2,14,15)(H,16,17). The molecule has 1 unspecified atom stereocenters. The summed E-state index contributed by atoms with van der Waals surface area (Å²) in [5.41, 5.74) is 4.28. The highest BCUT2D eigenvalue weighted by Crippen LogP contribution is 2.25. The molecule has 0 aliphatic heterocycles. The number of carbonyl (C=O) groups excluding carboxylic acids is 1. The van der Waals surface area contributed by atoms with Gasteiger partial charge >= 0.3 is 5.97 Å². The van der Waals surface area contributed by atoms with E-state index in [4.69, 9.17) is 10.8 Å². The first kappa shape index (κ1) is 16.1. The zero-order chi connectivity index (χ0) is 15.7. The molecule has 0 aromatic heterocycles. The zero-order valence-corrected chi connectivity index (χ0v) is 11.7. The van der Waals surface area contributed by atoms with Gasteiger partial charge in [-0.05, 0) is 25.5 Å². The summed E-state index contributed by atoms with van der Waals surface area (Å²) < 4.78 is 38.2. The van der Waals surface area contributed by atoms with Crippen LogP contribution in [0.1, 0.15) is 29.3 Å². The van der Waals surface area contributed by atoms with Crippen LogP contribution in [-0.4, -0.2) is 30.7 Å². The fourth-order valence-electron chi connectivity index (χ4n) is 1.80. The quantitative estimate of drug-likeness (QED) is 0.837. The van der Waals surface area contributed by atoms with E-state index in [1.165, 1.54) is 13.8 Å². The van der Waals surface area contributed by atoms with Gasteiger partial charge in [0.25, 0.3) is 0 Å². The van der Waals surface area contributed by atoms with Gasteiger partial charge in [-0.2, -0.15) is 0 Å². The minimum Gasteiger partial charge on any atom is -0.478 e. The van der Waals surface area contributed by atoms with Crippen molar-refractivity contribution in [2.75, 3.05) is 0 Å². The molecular formula is C12H14FNO5S. The molecule has 0 aliphatic rings. The van der Waals surface area contributed by atoms with Crippen molar-refractivity contribution >= 4 is 21.7 Å². The molecule has 0 fully saturated rings. The van der Waals surface area contributed by atoms with Crippen LogP contribution in [0.4, 0.5) is 4.39 Å². The third-order valence-corrected chi connectivity index (χ3v) is 5.26. The summed E-state index contributed by atoms with van der Waals surface area (Å²) >= 11 is 0. The van der Waals surface area contributed by atoms with E-state index in [1.807, 2.05) is 0 Å². The van der Waals surface area contributed by atoms with E-state index in [9.17, 15) is 22.4 Å². The second-order valence-corrected chi connectivity index (χ2v) is 6.33. The van der Waals surface area contributed by atoms with Gasteiger partial charge in [0.05, 0.1) is 10.5 Å². The summed E-state index contributed by atoms with van der Waals surface area (Å²) in [4.78, 5) is 21.5. The number of halogens is 1. The highest BCUT2D eigenvalue weighted by molar-refractivity contribution is 7.92. The number of hydrogen-bond donors (Lipinski definition) is 2. The number of hydrogen-bond acceptors (Lipinski definition) is 4. The fourth-order valence-corrected chi connectivity index (χ4v) is 3.67. The van der Waals surface area contributed by atoms with Crippen molar-refractivity contribution in [3.63, 3.8) is 0 Å². The third kappa shape index (κ3) is 2.79. The lowest BCUT2D eigenvalue weighted by molar-refractivity contribution is -0.117. The molecule has 0 saturated heterocycles. The molecule has 0 radical (unpaired) electrons. The molecule has 6 nitrogen and oxygen atoms in total. The number of rotatable bonds is 5. The van der Waals surface area contributed by atoms with Crippen LogP contribution < -0.4 is 5.73 Å². The molecule has 1 aromatic carbocycles. The second-order valence-electron chi connectivity index (χ2n) is 4.23. The predicted octanol–water partition coefficient (Wildman–Crippen LogP) is 0.870. The zero-order valence-electron chi connectivity index (χ0n) is 10.9. The summed E-state index contributed by atoms with van der Waals surface area (Å²) in [5, 5.41) is 7.32. The van der Waals surface area contributed by atoms with E-state index in [0.717, 1.165) is 12.1 Å². The van der Waals surface area contributed by atoms with Crippen LogP contribution in [0.2, 0.25) is 0 Å². The van der Waals surface area contributed by atoms with Crippen molar-refractivity contribution in [3.05, 3.63) is 29.1 Å². The number of benzene rings is 1. The van der Waals surface area contributed by atoms with Crippen LogP contribution >= 0.6 is 0 Å². The monoisotopic (exact) mass is 303 g/mol. The van der Waals surface area contributed by atoms with E-state index >= 15 is 0 Å². The maximum absolute atomic E-state index is 13.7. The number of carboxylic acids is 1. The van der Waals surface area contributed by atoms with Crippen LogP contribution in [0.15, 0.2) is 17.0 Å². The Morgan fingerprint density at radius 2 is 1.95 bits per heavy atom. The van der Waals surface area contributed by atoms with Gasteiger partial charge in [-0.15, -0.1) is 0 Å². The first-order chi connectivity index (χ1) is 9.12. The summed E-state index contributed by atoms with van der Waals surface area (Å²) in [6.45, 7) is 2.64.